The Labute approximate surface area is 204 Å². The van der Waals surface area contributed by atoms with Gasteiger partial charge in [-0.1, -0.05) is 89.9 Å². The van der Waals surface area contributed by atoms with E-state index in [1.807, 2.05) is 0 Å². The zero-order valence-electron chi connectivity index (χ0n) is 21.3. The zero-order valence-corrected chi connectivity index (χ0v) is 21.3. The van der Waals surface area contributed by atoms with Crippen molar-refractivity contribution in [1.82, 2.24) is 5.32 Å². The van der Waals surface area contributed by atoms with Gasteiger partial charge in [-0.15, -0.1) is 12.3 Å². The molecule has 4 heteroatoms. The second-order valence-electron chi connectivity index (χ2n) is 10.2. The predicted molar refractivity (Wildman–Crippen MR) is 138 cm³/mol. The lowest BCUT2D eigenvalue weighted by molar-refractivity contribution is -0.137. The second kappa shape index (κ2) is 21.1. The molecule has 0 aromatic heterocycles. The van der Waals surface area contributed by atoms with Gasteiger partial charge < -0.3 is 10.4 Å². The highest BCUT2D eigenvalue weighted by atomic mass is 16.4. The number of unbranched alkanes of at least 4 members (excludes halogenated alkanes) is 15. The molecule has 2 N–H and O–H groups in total. The molecular formula is C29H51NO3. The number of amides is 1. The molecule has 1 saturated carbocycles. The Kier molecular flexibility index (Phi) is 18.8. The molecule has 33 heavy (non-hydrogen) atoms. The summed E-state index contributed by atoms with van der Waals surface area (Å²) in [7, 11) is 0. The van der Waals surface area contributed by atoms with E-state index in [1.165, 1.54) is 83.5 Å². The van der Waals surface area contributed by atoms with Crippen LogP contribution in [0.4, 0.5) is 0 Å². The summed E-state index contributed by atoms with van der Waals surface area (Å²) < 4.78 is 0. The number of hydrogen-bond donors (Lipinski definition) is 2. The number of nitrogens with one attached hydrogen (secondary N) is 1. The van der Waals surface area contributed by atoms with Gasteiger partial charge in [0, 0.05) is 25.3 Å². The third-order valence-electron chi connectivity index (χ3n) is 7.21. The lowest BCUT2D eigenvalue weighted by atomic mass is 9.82. The van der Waals surface area contributed by atoms with Crippen molar-refractivity contribution in [3.05, 3.63) is 0 Å². The van der Waals surface area contributed by atoms with Crippen LogP contribution in [-0.2, 0) is 9.59 Å². The molecule has 0 bridgehead atoms. The van der Waals surface area contributed by atoms with E-state index in [0.29, 0.717) is 24.7 Å². The number of carboxylic acid groups (broad SMARTS) is 1. The van der Waals surface area contributed by atoms with E-state index in [9.17, 15) is 9.59 Å². The van der Waals surface area contributed by atoms with Crippen molar-refractivity contribution in [2.24, 2.45) is 11.8 Å². The van der Waals surface area contributed by atoms with Crippen LogP contribution in [0.1, 0.15) is 141 Å². The molecule has 4 nitrogen and oxygen atoms in total. The van der Waals surface area contributed by atoms with Crippen molar-refractivity contribution in [2.75, 3.05) is 6.54 Å². The number of hydrogen-bond acceptors (Lipinski definition) is 2. The maximum absolute atomic E-state index is 12.0. The van der Waals surface area contributed by atoms with E-state index in [4.69, 9.17) is 11.5 Å². The smallest absolute Gasteiger partial charge is 0.303 e. The van der Waals surface area contributed by atoms with Gasteiger partial charge in [-0.05, 0) is 44.4 Å². The molecule has 0 aromatic rings. The Hall–Kier alpha value is -1.50. The van der Waals surface area contributed by atoms with Crippen LogP contribution in [0.3, 0.4) is 0 Å². The molecule has 1 rings (SSSR count). The van der Waals surface area contributed by atoms with Crippen molar-refractivity contribution < 1.29 is 14.7 Å². The molecule has 0 spiro atoms. The minimum atomic E-state index is -0.667. The van der Waals surface area contributed by atoms with Crippen LogP contribution in [-0.4, -0.2) is 23.5 Å². The first kappa shape index (κ1) is 29.5. The fourth-order valence-electron chi connectivity index (χ4n) is 4.92. The van der Waals surface area contributed by atoms with Gasteiger partial charge in [0.15, 0.2) is 0 Å². The van der Waals surface area contributed by atoms with Crippen molar-refractivity contribution in [2.45, 2.75) is 141 Å². The average molecular weight is 462 g/mol. The van der Waals surface area contributed by atoms with E-state index in [2.05, 4.69) is 11.2 Å². The van der Waals surface area contributed by atoms with E-state index in [0.717, 1.165) is 51.5 Å². The normalized spacial score (nSPS) is 18.0. The summed E-state index contributed by atoms with van der Waals surface area (Å²) in [4.78, 5) is 22.5. The minimum absolute atomic E-state index is 0.229. The van der Waals surface area contributed by atoms with Gasteiger partial charge in [0.1, 0.15) is 0 Å². The summed E-state index contributed by atoms with van der Waals surface area (Å²) in [5.41, 5.74) is 0. The van der Waals surface area contributed by atoms with Crippen LogP contribution < -0.4 is 5.32 Å². The topological polar surface area (TPSA) is 66.4 Å². The van der Waals surface area contributed by atoms with Crippen LogP contribution >= 0.6 is 0 Å². The molecule has 0 aromatic carbocycles. The SMILES string of the molecule is C#CC1CCC(CNC(=O)CCCCCCCCCCCCCCCCCCC(=O)O)CC1. The quantitative estimate of drug-likeness (QED) is 0.136. The largest absolute Gasteiger partial charge is 0.481 e. The van der Waals surface area contributed by atoms with E-state index in [1.54, 1.807) is 0 Å². The summed E-state index contributed by atoms with van der Waals surface area (Å²) in [5, 5.41) is 11.7. The van der Waals surface area contributed by atoms with Crippen molar-refractivity contribution in [3.63, 3.8) is 0 Å². The lowest BCUT2D eigenvalue weighted by Gasteiger charge is -2.25. The summed E-state index contributed by atoms with van der Waals surface area (Å²) >= 11 is 0. The number of carboxylic acids is 1. The number of aliphatic carboxylic acids is 1. The molecule has 1 amide bonds. The Morgan fingerprint density at radius 1 is 0.667 bits per heavy atom. The van der Waals surface area contributed by atoms with Crippen LogP contribution in [0, 0.1) is 24.2 Å². The van der Waals surface area contributed by atoms with Crippen LogP contribution in [0.15, 0.2) is 0 Å². The van der Waals surface area contributed by atoms with Gasteiger partial charge in [0.05, 0.1) is 0 Å². The van der Waals surface area contributed by atoms with Crippen LogP contribution in [0.5, 0.6) is 0 Å². The zero-order chi connectivity index (χ0) is 24.0. The summed E-state index contributed by atoms with van der Waals surface area (Å²) in [5.74, 6) is 3.51. The molecule has 1 fully saturated rings. The van der Waals surface area contributed by atoms with E-state index in [-0.39, 0.29) is 5.91 Å². The summed E-state index contributed by atoms with van der Waals surface area (Å²) in [6.07, 6.45) is 30.9. The van der Waals surface area contributed by atoms with Crippen molar-refractivity contribution in [3.8, 4) is 12.3 Å². The molecule has 0 heterocycles. The maximum Gasteiger partial charge on any atom is 0.303 e. The highest BCUT2D eigenvalue weighted by molar-refractivity contribution is 5.75. The Bertz CT molecular complexity index is 531. The molecule has 0 atom stereocenters. The molecular weight excluding hydrogens is 410 g/mol. The minimum Gasteiger partial charge on any atom is -0.481 e. The molecule has 0 radical (unpaired) electrons. The second-order valence-corrected chi connectivity index (χ2v) is 10.2. The van der Waals surface area contributed by atoms with Gasteiger partial charge >= 0.3 is 5.97 Å². The van der Waals surface area contributed by atoms with Crippen LogP contribution in [0.2, 0.25) is 0 Å². The molecule has 0 unspecified atom stereocenters. The molecule has 0 aliphatic heterocycles. The third-order valence-corrected chi connectivity index (χ3v) is 7.21. The Morgan fingerprint density at radius 2 is 1.06 bits per heavy atom. The average Bonchev–Trinajstić information content (AvgIpc) is 2.82. The molecule has 1 aliphatic carbocycles. The van der Waals surface area contributed by atoms with Gasteiger partial charge in [0.25, 0.3) is 0 Å². The standard InChI is InChI=1S/C29H51NO3/c1-2-26-21-23-27(24-22-26)25-30-28(31)19-17-15-13-11-9-7-5-3-4-6-8-10-12-14-16-18-20-29(32)33/h1,26-27H,3-25H2,(H,30,31)(H,32,33). The Balaban J connectivity index is 1.74. The fraction of sp³-hybridized carbons (Fsp3) is 0.862. The highest BCUT2D eigenvalue weighted by Gasteiger charge is 2.19. The molecule has 190 valence electrons. The Morgan fingerprint density at radius 3 is 1.45 bits per heavy atom. The number of rotatable bonds is 21. The molecule has 1 aliphatic rings. The van der Waals surface area contributed by atoms with Gasteiger partial charge in [0.2, 0.25) is 5.91 Å². The number of carbonyl (C=O) groups excluding carboxylic acids is 1. The fourth-order valence-corrected chi connectivity index (χ4v) is 4.92. The van der Waals surface area contributed by atoms with Crippen molar-refractivity contribution in [1.29, 1.82) is 0 Å². The summed E-state index contributed by atoms with van der Waals surface area (Å²) in [6, 6.07) is 0. The van der Waals surface area contributed by atoms with E-state index < -0.39 is 5.97 Å². The monoisotopic (exact) mass is 461 g/mol. The predicted octanol–water partition coefficient (Wildman–Crippen LogP) is 7.65. The van der Waals surface area contributed by atoms with Gasteiger partial charge in [-0.3, -0.25) is 9.59 Å². The highest BCUT2D eigenvalue weighted by Crippen LogP contribution is 2.27. The number of terminal acetylenes is 1. The lowest BCUT2D eigenvalue weighted by Crippen LogP contribution is -2.31. The van der Waals surface area contributed by atoms with Gasteiger partial charge in [-0.2, -0.15) is 0 Å². The summed E-state index contributed by atoms with van der Waals surface area (Å²) in [6.45, 7) is 0.838. The third kappa shape index (κ3) is 18.6. The molecule has 0 saturated heterocycles. The van der Waals surface area contributed by atoms with Crippen LogP contribution in [0.25, 0.3) is 0 Å². The maximum atomic E-state index is 12.0. The first-order valence-corrected chi connectivity index (χ1v) is 14.1. The van der Waals surface area contributed by atoms with Gasteiger partial charge in [-0.25, -0.2) is 0 Å². The first-order chi connectivity index (χ1) is 16.1. The number of carbonyl (C=O) groups is 2. The van der Waals surface area contributed by atoms with E-state index >= 15 is 0 Å². The van der Waals surface area contributed by atoms with Crippen molar-refractivity contribution >= 4 is 11.9 Å². The first-order valence-electron chi connectivity index (χ1n) is 14.1.